The van der Waals surface area contributed by atoms with Crippen molar-refractivity contribution in [1.82, 2.24) is 0 Å². The highest BCUT2D eigenvalue weighted by Crippen LogP contribution is 2.42. The zero-order valence-corrected chi connectivity index (χ0v) is 19.8. The van der Waals surface area contributed by atoms with Crippen LogP contribution in [0.5, 0.6) is 5.75 Å². The lowest BCUT2D eigenvalue weighted by atomic mass is 9.85. The summed E-state index contributed by atoms with van der Waals surface area (Å²) in [5, 5.41) is 3.52. The molecule has 0 saturated carbocycles. The second kappa shape index (κ2) is 8.60. The highest BCUT2D eigenvalue weighted by Gasteiger charge is 2.27. The van der Waals surface area contributed by atoms with Gasteiger partial charge < -0.3 is 14.8 Å². The first-order valence-electron chi connectivity index (χ1n) is 10.1. The van der Waals surface area contributed by atoms with Crippen LogP contribution in [0.1, 0.15) is 41.6 Å². The molecule has 4 nitrogen and oxygen atoms in total. The third-order valence-corrected chi connectivity index (χ3v) is 6.53. The van der Waals surface area contributed by atoms with E-state index in [4.69, 9.17) is 21.1 Å². The van der Waals surface area contributed by atoms with Gasteiger partial charge in [0.05, 0.1) is 17.0 Å². The molecule has 0 amide bonds. The molecule has 32 heavy (non-hydrogen) atoms. The van der Waals surface area contributed by atoms with Crippen molar-refractivity contribution in [3.63, 3.8) is 0 Å². The van der Waals surface area contributed by atoms with Crippen molar-refractivity contribution in [1.29, 1.82) is 0 Å². The summed E-state index contributed by atoms with van der Waals surface area (Å²) in [7, 11) is 1.51. The van der Waals surface area contributed by atoms with E-state index in [9.17, 15) is 9.18 Å². The van der Waals surface area contributed by atoms with E-state index in [1.807, 2.05) is 19.1 Å². The number of thiophene rings is 1. The maximum Gasteiger partial charge on any atom is 0.348 e. The van der Waals surface area contributed by atoms with E-state index in [0.717, 1.165) is 33.5 Å². The molecule has 1 aliphatic heterocycles. The second-order valence-electron chi connectivity index (χ2n) is 8.21. The van der Waals surface area contributed by atoms with Crippen LogP contribution in [0.4, 0.5) is 10.1 Å². The molecule has 166 valence electrons. The Morgan fingerprint density at radius 3 is 2.59 bits per heavy atom. The van der Waals surface area contributed by atoms with Crippen LogP contribution in [0.15, 0.2) is 48.5 Å². The summed E-state index contributed by atoms with van der Waals surface area (Å²) in [5.41, 5.74) is 5.12. The van der Waals surface area contributed by atoms with E-state index in [0.29, 0.717) is 15.0 Å². The lowest BCUT2D eigenvalue weighted by Gasteiger charge is -2.33. The largest absolute Gasteiger partial charge is 0.496 e. The molecule has 0 spiro atoms. The minimum atomic E-state index is -0.442. The first kappa shape index (κ1) is 22.4. The van der Waals surface area contributed by atoms with Crippen LogP contribution in [-0.2, 0) is 11.3 Å². The molecular weight excluding hydrogens is 449 g/mol. The smallest absolute Gasteiger partial charge is 0.348 e. The van der Waals surface area contributed by atoms with Gasteiger partial charge in [-0.15, -0.1) is 11.3 Å². The van der Waals surface area contributed by atoms with Gasteiger partial charge in [0.25, 0.3) is 0 Å². The quantitative estimate of drug-likeness (QED) is 0.400. The summed E-state index contributed by atoms with van der Waals surface area (Å²) < 4.78 is 25.5. The van der Waals surface area contributed by atoms with Gasteiger partial charge in [-0.1, -0.05) is 23.7 Å². The van der Waals surface area contributed by atoms with Crippen molar-refractivity contribution in [3.05, 3.63) is 74.7 Å². The summed E-state index contributed by atoms with van der Waals surface area (Å²) in [5.74, 6) is -0.416. The molecule has 3 aromatic rings. The van der Waals surface area contributed by atoms with Gasteiger partial charge in [0.1, 0.15) is 23.1 Å². The number of halogens is 2. The van der Waals surface area contributed by atoms with Gasteiger partial charge in [-0.3, -0.25) is 0 Å². The predicted octanol–water partition coefficient (Wildman–Crippen LogP) is 7.18. The Morgan fingerprint density at radius 1 is 1.16 bits per heavy atom. The van der Waals surface area contributed by atoms with Gasteiger partial charge in [0, 0.05) is 28.4 Å². The maximum atomic E-state index is 13.8. The number of allylic oxidation sites excluding steroid dienone is 1. The molecule has 2 aromatic carbocycles. The van der Waals surface area contributed by atoms with Gasteiger partial charge >= 0.3 is 5.97 Å². The van der Waals surface area contributed by atoms with Crippen molar-refractivity contribution in [2.45, 2.75) is 32.9 Å². The number of benzene rings is 2. The molecule has 1 aliphatic rings. The molecule has 0 saturated heterocycles. The highest BCUT2D eigenvalue weighted by atomic mass is 35.5. The normalized spacial score (nSPS) is 14.2. The molecule has 1 N–H and O–H groups in total. The highest BCUT2D eigenvalue weighted by molar-refractivity contribution is 7.17. The second-order valence-corrected chi connectivity index (χ2v) is 9.93. The van der Waals surface area contributed by atoms with Crippen LogP contribution >= 0.6 is 22.9 Å². The van der Waals surface area contributed by atoms with Gasteiger partial charge in [-0.25, -0.2) is 9.18 Å². The van der Waals surface area contributed by atoms with Gasteiger partial charge in [-0.05, 0) is 62.2 Å². The Balaban J connectivity index is 1.82. The summed E-state index contributed by atoms with van der Waals surface area (Å²) in [4.78, 5) is 13.1. The van der Waals surface area contributed by atoms with E-state index in [1.54, 1.807) is 18.2 Å². The van der Waals surface area contributed by atoms with Crippen molar-refractivity contribution in [3.8, 4) is 16.9 Å². The van der Waals surface area contributed by atoms with Crippen molar-refractivity contribution >= 4 is 40.2 Å². The molecule has 0 bridgehead atoms. The first-order chi connectivity index (χ1) is 15.2. The Morgan fingerprint density at radius 2 is 1.91 bits per heavy atom. The Hall–Kier alpha value is -2.83. The SMILES string of the molecule is COc1cc(F)ccc1-c1ccc2c(c1COC(=O)c1ccc(Cl)s1)C(C)=CC(C)(C)N2. The molecule has 4 rings (SSSR count). The van der Waals surface area contributed by atoms with Gasteiger partial charge in [0.15, 0.2) is 0 Å². The van der Waals surface area contributed by atoms with Crippen LogP contribution in [-0.4, -0.2) is 18.6 Å². The fraction of sp³-hybridized carbons (Fsp3) is 0.240. The van der Waals surface area contributed by atoms with E-state index in [1.165, 1.54) is 30.6 Å². The number of anilines is 1. The number of hydrogen-bond donors (Lipinski definition) is 1. The third kappa shape index (κ3) is 4.38. The number of ether oxygens (including phenoxy) is 2. The molecule has 0 aliphatic carbocycles. The number of rotatable bonds is 5. The predicted molar refractivity (Wildman–Crippen MR) is 128 cm³/mol. The number of hydrogen-bond acceptors (Lipinski definition) is 5. The fourth-order valence-corrected chi connectivity index (χ4v) is 5.06. The van der Waals surface area contributed by atoms with E-state index >= 15 is 0 Å². The van der Waals surface area contributed by atoms with E-state index < -0.39 is 5.97 Å². The number of carbonyl (C=O) groups is 1. The topological polar surface area (TPSA) is 47.6 Å². The molecular formula is C25H23ClFNO3S. The van der Waals surface area contributed by atoms with Crippen molar-refractivity contribution in [2.75, 3.05) is 12.4 Å². The lowest BCUT2D eigenvalue weighted by Crippen LogP contribution is -2.32. The molecule has 7 heteroatoms. The Labute approximate surface area is 195 Å². The summed E-state index contributed by atoms with van der Waals surface area (Å²) in [6, 6.07) is 11.7. The van der Waals surface area contributed by atoms with Crippen LogP contribution in [0.3, 0.4) is 0 Å². The minimum absolute atomic E-state index is 0.0423. The van der Waals surface area contributed by atoms with Gasteiger partial charge in [0.2, 0.25) is 0 Å². The summed E-state index contributed by atoms with van der Waals surface area (Å²) in [6.45, 7) is 6.27. The molecule has 0 radical (unpaired) electrons. The van der Waals surface area contributed by atoms with Crippen LogP contribution < -0.4 is 10.1 Å². The standard InChI is InChI=1S/C25H23ClFNO3S/c1-14-12-25(2,3)28-19-8-7-16(17-6-5-15(27)11-20(17)30-4)18(23(14)19)13-31-24(29)21-9-10-22(26)32-21/h5-12,28H,13H2,1-4H3. The minimum Gasteiger partial charge on any atom is -0.496 e. The molecule has 2 heterocycles. The molecule has 1 aromatic heterocycles. The number of esters is 1. The van der Waals surface area contributed by atoms with Crippen molar-refractivity contribution < 1.29 is 18.7 Å². The average Bonchev–Trinajstić information content (AvgIpc) is 3.17. The maximum absolute atomic E-state index is 13.8. The lowest BCUT2D eigenvalue weighted by molar-refractivity contribution is 0.0479. The zero-order valence-electron chi connectivity index (χ0n) is 18.2. The zero-order chi connectivity index (χ0) is 23.0. The fourth-order valence-electron chi connectivity index (χ4n) is 4.12. The third-order valence-electron chi connectivity index (χ3n) is 5.32. The number of carbonyl (C=O) groups excluding carboxylic acids is 1. The molecule has 0 atom stereocenters. The van der Waals surface area contributed by atoms with Gasteiger partial charge in [-0.2, -0.15) is 0 Å². The monoisotopic (exact) mass is 471 g/mol. The summed E-state index contributed by atoms with van der Waals surface area (Å²) in [6.07, 6.45) is 2.14. The van der Waals surface area contributed by atoms with Crippen LogP contribution in [0.2, 0.25) is 4.34 Å². The number of methoxy groups -OCH3 is 1. The Kier molecular flexibility index (Phi) is 6.01. The molecule has 0 fully saturated rings. The van der Waals surface area contributed by atoms with E-state index in [2.05, 4.69) is 25.2 Å². The Bertz CT molecular complexity index is 1230. The molecule has 0 unspecified atom stereocenters. The average molecular weight is 472 g/mol. The summed E-state index contributed by atoms with van der Waals surface area (Å²) >= 11 is 7.14. The van der Waals surface area contributed by atoms with Crippen molar-refractivity contribution in [2.24, 2.45) is 0 Å². The number of nitrogens with one attached hydrogen (secondary N) is 1. The number of fused-ring (bicyclic) bond motifs is 1. The van der Waals surface area contributed by atoms with E-state index in [-0.39, 0.29) is 18.0 Å². The first-order valence-corrected chi connectivity index (χ1v) is 11.3. The van der Waals surface area contributed by atoms with Crippen LogP contribution in [0, 0.1) is 5.82 Å². The van der Waals surface area contributed by atoms with Crippen LogP contribution in [0.25, 0.3) is 16.7 Å².